The van der Waals surface area contributed by atoms with Crippen LogP contribution < -0.4 is 9.64 Å². The number of fused-ring (bicyclic) bond motifs is 1. The topological polar surface area (TPSA) is 75.9 Å². The number of benzene rings is 2. The maximum Gasteiger partial charge on any atom is 0.269 e. The lowest BCUT2D eigenvalue weighted by molar-refractivity contribution is -0.384. The van der Waals surface area contributed by atoms with E-state index in [1.54, 1.807) is 24.1 Å². The summed E-state index contributed by atoms with van der Waals surface area (Å²) < 4.78 is 5.20. The Kier molecular flexibility index (Phi) is 4.08. The predicted octanol–water partition coefficient (Wildman–Crippen LogP) is 3.11. The molecule has 2 aromatic carbocycles. The van der Waals surface area contributed by atoms with Gasteiger partial charge in [0.15, 0.2) is 0 Å². The number of hydrogen-bond acceptors (Lipinski definition) is 5. The van der Waals surface area contributed by atoms with E-state index in [4.69, 9.17) is 4.74 Å². The molecule has 0 bridgehead atoms. The summed E-state index contributed by atoms with van der Waals surface area (Å²) in [4.78, 5) is 27.5. The monoisotopic (exact) mass is 353 g/mol. The van der Waals surface area contributed by atoms with E-state index in [1.807, 2.05) is 24.3 Å². The van der Waals surface area contributed by atoms with Crippen molar-refractivity contribution in [1.29, 1.82) is 0 Å². The van der Waals surface area contributed by atoms with Gasteiger partial charge in [0.1, 0.15) is 11.9 Å². The van der Waals surface area contributed by atoms with E-state index in [-0.39, 0.29) is 23.8 Å². The molecule has 4 rings (SSSR count). The highest BCUT2D eigenvalue weighted by Crippen LogP contribution is 2.42. The van der Waals surface area contributed by atoms with Crippen LogP contribution in [-0.2, 0) is 4.79 Å². The molecule has 2 aromatic rings. The Morgan fingerprint density at radius 2 is 1.81 bits per heavy atom. The van der Waals surface area contributed by atoms with Crippen LogP contribution in [0, 0.1) is 10.1 Å². The molecule has 7 heteroatoms. The van der Waals surface area contributed by atoms with E-state index in [1.165, 1.54) is 12.1 Å². The standard InChI is InChI=1S/C19H19N3O4/c1-26-16-10-8-14(9-11-16)21-18(20-12-2-3-17(20)19(21)23)13-4-6-15(7-5-13)22(24)25/h4-11,17-18H,2-3,12H2,1H3/t17-,18+/m1/s1. The summed E-state index contributed by atoms with van der Waals surface area (Å²) in [5, 5.41) is 10.9. The van der Waals surface area contributed by atoms with E-state index in [0.717, 1.165) is 36.4 Å². The SMILES string of the molecule is COc1ccc(N2C(=O)[C@H]3CCCN3[C@@H]2c2ccc([N+](=O)[O-])cc2)cc1. The Hall–Kier alpha value is -2.93. The third kappa shape index (κ3) is 2.61. The maximum absolute atomic E-state index is 13.0. The first kappa shape index (κ1) is 16.5. The molecule has 2 saturated heterocycles. The van der Waals surface area contributed by atoms with Gasteiger partial charge in [-0.05, 0) is 54.8 Å². The Balaban J connectivity index is 1.74. The molecule has 0 radical (unpaired) electrons. The number of rotatable bonds is 4. The minimum absolute atomic E-state index is 0.0482. The molecular weight excluding hydrogens is 334 g/mol. The highest BCUT2D eigenvalue weighted by molar-refractivity contribution is 6.00. The van der Waals surface area contributed by atoms with Crippen molar-refractivity contribution in [2.75, 3.05) is 18.6 Å². The number of non-ortho nitro benzene ring substituents is 1. The molecule has 0 aromatic heterocycles. The third-order valence-electron chi connectivity index (χ3n) is 5.13. The molecule has 0 N–H and O–H groups in total. The average Bonchev–Trinajstić information content (AvgIpc) is 3.24. The van der Waals surface area contributed by atoms with Gasteiger partial charge in [0.2, 0.25) is 5.91 Å². The van der Waals surface area contributed by atoms with E-state index in [9.17, 15) is 14.9 Å². The van der Waals surface area contributed by atoms with Crippen molar-refractivity contribution in [2.45, 2.75) is 25.0 Å². The van der Waals surface area contributed by atoms with E-state index < -0.39 is 4.92 Å². The first-order chi connectivity index (χ1) is 12.6. The van der Waals surface area contributed by atoms with Gasteiger partial charge < -0.3 is 4.74 Å². The Morgan fingerprint density at radius 3 is 2.42 bits per heavy atom. The van der Waals surface area contributed by atoms with Crippen molar-refractivity contribution in [1.82, 2.24) is 4.90 Å². The van der Waals surface area contributed by atoms with Crippen LogP contribution >= 0.6 is 0 Å². The Bertz CT molecular complexity index is 835. The fourth-order valence-electron chi connectivity index (χ4n) is 3.90. The lowest BCUT2D eigenvalue weighted by Crippen LogP contribution is -2.32. The molecule has 2 atom stereocenters. The van der Waals surface area contributed by atoms with Gasteiger partial charge in [0.05, 0.1) is 18.1 Å². The van der Waals surface area contributed by atoms with Crippen molar-refractivity contribution in [3.63, 3.8) is 0 Å². The minimum atomic E-state index is -0.413. The first-order valence-corrected chi connectivity index (χ1v) is 8.57. The summed E-state index contributed by atoms with van der Waals surface area (Å²) in [5.41, 5.74) is 1.73. The molecule has 7 nitrogen and oxygen atoms in total. The summed E-state index contributed by atoms with van der Waals surface area (Å²) >= 11 is 0. The van der Waals surface area contributed by atoms with Crippen molar-refractivity contribution in [2.24, 2.45) is 0 Å². The molecule has 0 spiro atoms. The molecule has 2 aliphatic rings. The fourth-order valence-corrected chi connectivity index (χ4v) is 3.90. The van der Waals surface area contributed by atoms with Gasteiger partial charge in [0.25, 0.3) is 5.69 Å². The molecule has 2 aliphatic heterocycles. The molecule has 0 aliphatic carbocycles. The molecule has 0 saturated carbocycles. The van der Waals surface area contributed by atoms with Crippen LogP contribution in [-0.4, -0.2) is 35.4 Å². The van der Waals surface area contributed by atoms with Gasteiger partial charge >= 0.3 is 0 Å². The van der Waals surface area contributed by atoms with Crippen LogP contribution in [0.2, 0.25) is 0 Å². The molecule has 1 amide bonds. The molecule has 2 heterocycles. The van der Waals surface area contributed by atoms with Gasteiger partial charge in [-0.15, -0.1) is 0 Å². The van der Waals surface area contributed by atoms with Crippen LogP contribution in [0.25, 0.3) is 0 Å². The molecule has 134 valence electrons. The van der Waals surface area contributed by atoms with Gasteiger partial charge in [-0.1, -0.05) is 0 Å². The maximum atomic E-state index is 13.0. The quantitative estimate of drug-likeness (QED) is 0.623. The van der Waals surface area contributed by atoms with Crippen LogP contribution in [0.1, 0.15) is 24.6 Å². The predicted molar refractivity (Wildman–Crippen MR) is 96.0 cm³/mol. The number of amides is 1. The molecule has 2 fully saturated rings. The molecule has 26 heavy (non-hydrogen) atoms. The second kappa shape index (κ2) is 6.42. The van der Waals surface area contributed by atoms with Crippen LogP contribution in [0.15, 0.2) is 48.5 Å². The van der Waals surface area contributed by atoms with Crippen LogP contribution in [0.4, 0.5) is 11.4 Å². The summed E-state index contributed by atoms with van der Waals surface area (Å²) in [7, 11) is 1.60. The fraction of sp³-hybridized carbons (Fsp3) is 0.316. The Labute approximate surface area is 150 Å². The average molecular weight is 353 g/mol. The van der Waals surface area contributed by atoms with E-state index in [2.05, 4.69) is 4.90 Å². The highest BCUT2D eigenvalue weighted by atomic mass is 16.6. The number of anilines is 1. The highest BCUT2D eigenvalue weighted by Gasteiger charge is 2.49. The third-order valence-corrected chi connectivity index (χ3v) is 5.13. The number of carbonyl (C=O) groups is 1. The zero-order valence-corrected chi connectivity index (χ0v) is 14.4. The number of nitrogens with zero attached hydrogens (tertiary/aromatic N) is 3. The molecule has 0 unspecified atom stereocenters. The number of nitro benzene ring substituents is 1. The van der Waals surface area contributed by atoms with Crippen molar-refractivity contribution < 1.29 is 14.5 Å². The smallest absolute Gasteiger partial charge is 0.269 e. The lowest BCUT2D eigenvalue weighted by Gasteiger charge is -2.29. The summed E-state index contributed by atoms with van der Waals surface area (Å²) in [6.07, 6.45) is 1.58. The minimum Gasteiger partial charge on any atom is -0.497 e. The van der Waals surface area contributed by atoms with Gasteiger partial charge in [-0.2, -0.15) is 0 Å². The summed E-state index contributed by atoms with van der Waals surface area (Å²) in [6, 6.07) is 13.8. The number of methoxy groups -OCH3 is 1. The van der Waals surface area contributed by atoms with E-state index >= 15 is 0 Å². The van der Waals surface area contributed by atoms with Crippen LogP contribution in [0.3, 0.4) is 0 Å². The van der Waals surface area contributed by atoms with Gasteiger partial charge in [0, 0.05) is 24.4 Å². The normalized spacial score (nSPS) is 22.5. The summed E-state index contributed by atoms with van der Waals surface area (Å²) in [6.45, 7) is 0.838. The van der Waals surface area contributed by atoms with Crippen LogP contribution in [0.5, 0.6) is 5.75 Å². The Morgan fingerprint density at radius 1 is 1.12 bits per heavy atom. The van der Waals surface area contributed by atoms with Crippen molar-refractivity contribution in [3.8, 4) is 5.75 Å². The lowest BCUT2D eigenvalue weighted by atomic mass is 10.1. The number of hydrogen-bond donors (Lipinski definition) is 0. The van der Waals surface area contributed by atoms with Crippen molar-refractivity contribution >= 4 is 17.3 Å². The molecular formula is C19H19N3O4. The zero-order valence-electron chi connectivity index (χ0n) is 14.4. The first-order valence-electron chi connectivity index (χ1n) is 8.57. The number of ether oxygens (including phenoxy) is 1. The summed E-state index contributed by atoms with van der Waals surface area (Å²) in [5.74, 6) is 0.809. The number of carbonyl (C=O) groups excluding carboxylic acids is 1. The zero-order chi connectivity index (χ0) is 18.3. The second-order valence-electron chi connectivity index (χ2n) is 6.52. The largest absolute Gasteiger partial charge is 0.497 e. The second-order valence-corrected chi connectivity index (χ2v) is 6.52. The van der Waals surface area contributed by atoms with Gasteiger partial charge in [-0.25, -0.2) is 0 Å². The van der Waals surface area contributed by atoms with E-state index in [0.29, 0.717) is 0 Å². The van der Waals surface area contributed by atoms with Crippen molar-refractivity contribution in [3.05, 3.63) is 64.2 Å². The number of nitro groups is 1. The van der Waals surface area contributed by atoms with Gasteiger partial charge in [-0.3, -0.25) is 24.7 Å².